The number of halogens is 3. The minimum atomic E-state index is -4.59. The van der Waals surface area contributed by atoms with Crippen LogP contribution in [0.1, 0.15) is 46.2 Å². The average molecular weight is 394 g/mol. The predicted octanol–water partition coefficient (Wildman–Crippen LogP) is 4.99. The van der Waals surface area contributed by atoms with Crippen LogP contribution < -0.4 is 10.2 Å². The van der Waals surface area contributed by atoms with Crippen molar-refractivity contribution in [3.63, 3.8) is 0 Å². The summed E-state index contributed by atoms with van der Waals surface area (Å²) in [5, 5.41) is 2.05. The van der Waals surface area contributed by atoms with Gasteiger partial charge in [0, 0.05) is 11.9 Å². The fraction of sp³-hybridized carbons (Fsp3) is 0.476. The fourth-order valence-electron chi connectivity index (χ4n) is 3.47. The van der Waals surface area contributed by atoms with Crippen molar-refractivity contribution in [2.24, 2.45) is 5.41 Å². The maximum absolute atomic E-state index is 14.2. The first-order chi connectivity index (χ1) is 12.8. The molecule has 0 unspecified atom stereocenters. The van der Waals surface area contributed by atoms with Gasteiger partial charge in [0.2, 0.25) is 5.91 Å². The normalized spacial score (nSPS) is 18.9. The molecule has 152 valence electrons. The molecule has 1 N–H and O–H groups in total. The zero-order valence-corrected chi connectivity index (χ0v) is 16.6. The lowest BCUT2D eigenvalue weighted by molar-refractivity contribution is -0.191. The van der Waals surface area contributed by atoms with E-state index in [-0.39, 0.29) is 12.1 Å². The van der Waals surface area contributed by atoms with Crippen LogP contribution in [0.3, 0.4) is 0 Å². The zero-order chi connectivity index (χ0) is 20.9. The van der Waals surface area contributed by atoms with Gasteiger partial charge in [-0.05, 0) is 51.6 Å². The number of ether oxygens (including phenoxy) is 1. The molecule has 1 amide bonds. The third-order valence-corrected chi connectivity index (χ3v) is 4.66. The molecule has 7 heteroatoms. The van der Waals surface area contributed by atoms with E-state index >= 15 is 0 Å². The molecule has 0 aromatic heterocycles. The van der Waals surface area contributed by atoms with Crippen molar-refractivity contribution in [2.45, 2.75) is 52.4 Å². The summed E-state index contributed by atoms with van der Waals surface area (Å²) in [4.78, 5) is 12.1. The molecule has 0 saturated carbocycles. The molecule has 2 aromatic carbocycles. The van der Waals surface area contributed by atoms with Gasteiger partial charge in [-0.3, -0.25) is 10.2 Å². The van der Waals surface area contributed by atoms with Crippen molar-refractivity contribution < 1.29 is 22.7 Å². The molecule has 2 aromatic rings. The van der Waals surface area contributed by atoms with E-state index in [2.05, 4.69) is 5.43 Å². The molecule has 0 spiro atoms. The highest BCUT2D eigenvalue weighted by molar-refractivity contribution is 5.92. The first-order valence-corrected chi connectivity index (χ1v) is 9.15. The number of amides is 1. The Hall–Kier alpha value is -2.28. The number of rotatable bonds is 3. The van der Waals surface area contributed by atoms with Gasteiger partial charge in [0.05, 0.1) is 5.41 Å². The molecule has 0 bridgehead atoms. The number of nitrogens with zero attached hydrogens (tertiary/aromatic N) is 1. The number of alkyl halides is 3. The van der Waals surface area contributed by atoms with Crippen LogP contribution in [0.4, 0.5) is 13.2 Å². The van der Waals surface area contributed by atoms with Crippen LogP contribution in [0.5, 0.6) is 5.75 Å². The van der Waals surface area contributed by atoms with Gasteiger partial charge in [0.15, 0.2) is 6.04 Å². The molecule has 1 aliphatic heterocycles. The fourth-order valence-corrected chi connectivity index (χ4v) is 3.47. The van der Waals surface area contributed by atoms with E-state index in [9.17, 15) is 18.0 Å². The Morgan fingerprint density at radius 1 is 1.11 bits per heavy atom. The Morgan fingerprint density at radius 3 is 2.21 bits per heavy atom. The second kappa shape index (κ2) is 6.65. The van der Waals surface area contributed by atoms with E-state index in [1.54, 1.807) is 44.2 Å². The lowest BCUT2D eigenvalue weighted by Crippen LogP contribution is -2.43. The molecule has 28 heavy (non-hydrogen) atoms. The number of hydrogen-bond donors (Lipinski definition) is 1. The maximum atomic E-state index is 14.2. The minimum Gasteiger partial charge on any atom is -0.487 e. The van der Waals surface area contributed by atoms with Crippen LogP contribution in [0, 0.1) is 5.41 Å². The summed E-state index contributed by atoms with van der Waals surface area (Å²) in [5.74, 6) is -0.0345. The third-order valence-electron chi connectivity index (χ3n) is 4.66. The number of carbonyl (C=O) groups excluding carboxylic acids is 1. The Labute approximate surface area is 162 Å². The molecule has 3 rings (SSSR count). The Bertz CT molecular complexity index is 895. The average Bonchev–Trinajstić information content (AvgIpc) is 2.77. The second-order valence-electron chi connectivity index (χ2n) is 8.81. The third kappa shape index (κ3) is 3.94. The van der Waals surface area contributed by atoms with E-state index in [4.69, 9.17) is 4.74 Å². The van der Waals surface area contributed by atoms with Crippen LogP contribution in [-0.2, 0) is 4.79 Å². The van der Waals surface area contributed by atoms with E-state index < -0.39 is 29.1 Å². The largest absolute Gasteiger partial charge is 0.487 e. The second-order valence-corrected chi connectivity index (χ2v) is 8.81. The van der Waals surface area contributed by atoms with Crippen molar-refractivity contribution in [3.8, 4) is 5.75 Å². The van der Waals surface area contributed by atoms with Gasteiger partial charge in [0.25, 0.3) is 0 Å². The number of fused-ring (bicyclic) bond motifs is 1. The van der Waals surface area contributed by atoms with Gasteiger partial charge >= 0.3 is 6.18 Å². The van der Waals surface area contributed by atoms with Crippen LogP contribution in [-0.4, -0.2) is 29.2 Å². The highest BCUT2D eigenvalue weighted by Gasteiger charge is 2.51. The summed E-state index contributed by atoms with van der Waals surface area (Å²) in [6, 6.07) is 8.02. The molecule has 1 aliphatic rings. The van der Waals surface area contributed by atoms with Gasteiger partial charge in [-0.25, -0.2) is 5.01 Å². The Morgan fingerprint density at radius 2 is 1.71 bits per heavy atom. The highest BCUT2D eigenvalue weighted by Crippen LogP contribution is 2.45. The molecular weight excluding hydrogens is 369 g/mol. The summed E-state index contributed by atoms with van der Waals surface area (Å²) < 4.78 is 48.6. The summed E-state index contributed by atoms with van der Waals surface area (Å²) >= 11 is 0. The van der Waals surface area contributed by atoms with E-state index in [1.165, 1.54) is 6.07 Å². The van der Waals surface area contributed by atoms with Gasteiger partial charge in [0.1, 0.15) is 11.4 Å². The summed E-state index contributed by atoms with van der Waals surface area (Å²) in [5.41, 5.74) is 0.999. The van der Waals surface area contributed by atoms with Gasteiger partial charge in [-0.2, -0.15) is 13.2 Å². The van der Waals surface area contributed by atoms with Crippen LogP contribution in [0.2, 0.25) is 0 Å². The Balaban J connectivity index is 2.20. The van der Waals surface area contributed by atoms with Crippen LogP contribution in [0.25, 0.3) is 10.8 Å². The molecular formula is C21H25F3N2O2. The first kappa shape index (κ1) is 20.5. The summed E-state index contributed by atoms with van der Waals surface area (Å²) in [6.07, 6.45) is -4.59. The molecule has 1 fully saturated rings. The standard InChI is InChI=1S/C21H25F3N2O2/c1-19(2,3)28-15-11-7-9-13-8-6-10-14(16(13)15)17(21(22,23)24)26-12-20(4,5)18(27)25-26/h6-11,17H,12H2,1-5H3,(H,25,27)/t17-/m0/s1. The van der Waals surface area contributed by atoms with Gasteiger partial charge in [-0.15, -0.1) is 0 Å². The minimum absolute atomic E-state index is 0.0469. The van der Waals surface area contributed by atoms with Crippen LogP contribution in [0.15, 0.2) is 36.4 Å². The number of benzene rings is 2. The van der Waals surface area contributed by atoms with Crippen molar-refractivity contribution in [2.75, 3.05) is 6.54 Å². The van der Waals surface area contributed by atoms with Crippen molar-refractivity contribution >= 4 is 16.7 Å². The molecule has 1 heterocycles. The smallest absolute Gasteiger partial charge is 0.409 e. The quantitative estimate of drug-likeness (QED) is 0.797. The number of nitrogens with one attached hydrogen (secondary N) is 1. The zero-order valence-electron chi connectivity index (χ0n) is 16.6. The van der Waals surface area contributed by atoms with Crippen molar-refractivity contribution in [1.29, 1.82) is 0 Å². The Kier molecular flexibility index (Phi) is 4.86. The maximum Gasteiger partial charge on any atom is 0.409 e. The molecule has 0 aliphatic carbocycles. The topological polar surface area (TPSA) is 41.6 Å². The molecule has 1 atom stereocenters. The molecule has 1 saturated heterocycles. The van der Waals surface area contributed by atoms with Crippen molar-refractivity contribution in [1.82, 2.24) is 10.4 Å². The summed E-state index contributed by atoms with van der Waals surface area (Å²) in [7, 11) is 0. The SMILES string of the molecule is CC(C)(C)Oc1cccc2cccc([C@H](N3CC(C)(C)C(=O)N3)C(F)(F)F)c12. The van der Waals surface area contributed by atoms with Crippen LogP contribution >= 0.6 is 0 Å². The molecule has 4 nitrogen and oxygen atoms in total. The van der Waals surface area contributed by atoms with E-state index in [1.807, 2.05) is 20.8 Å². The number of hydrazine groups is 1. The van der Waals surface area contributed by atoms with Gasteiger partial charge in [-0.1, -0.05) is 30.3 Å². The van der Waals surface area contributed by atoms with Gasteiger partial charge < -0.3 is 4.74 Å². The predicted molar refractivity (Wildman–Crippen MR) is 102 cm³/mol. The lowest BCUT2D eigenvalue weighted by Gasteiger charge is -2.31. The molecule has 0 radical (unpaired) electrons. The number of carbonyl (C=O) groups is 1. The van der Waals surface area contributed by atoms with E-state index in [0.29, 0.717) is 16.5 Å². The monoisotopic (exact) mass is 394 g/mol. The van der Waals surface area contributed by atoms with Crippen molar-refractivity contribution in [3.05, 3.63) is 42.0 Å². The first-order valence-electron chi connectivity index (χ1n) is 9.15. The lowest BCUT2D eigenvalue weighted by atomic mass is 9.92. The van der Waals surface area contributed by atoms with E-state index in [0.717, 1.165) is 5.01 Å². The summed E-state index contributed by atoms with van der Waals surface area (Å²) in [6.45, 7) is 8.76. The number of hydrogen-bond acceptors (Lipinski definition) is 3. The highest BCUT2D eigenvalue weighted by atomic mass is 19.4.